The van der Waals surface area contributed by atoms with Crippen molar-refractivity contribution in [2.24, 2.45) is 0 Å². The van der Waals surface area contributed by atoms with E-state index in [0.717, 1.165) is 0 Å². The van der Waals surface area contributed by atoms with Gasteiger partial charge in [0.25, 0.3) is 0 Å². The molecule has 0 aliphatic carbocycles. The lowest BCUT2D eigenvalue weighted by atomic mass is 10.2. The lowest BCUT2D eigenvalue weighted by molar-refractivity contribution is -0.144. The molecule has 0 bridgehead atoms. The molecular formula is C13H18FNO3. The summed E-state index contributed by atoms with van der Waals surface area (Å²) in [6.45, 7) is 3.96. The molecule has 0 fully saturated rings. The van der Waals surface area contributed by atoms with E-state index in [1.54, 1.807) is 13.0 Å². The van der Waals surface area contributed by atoms with Gasteiger partial charge in [-0.3, -0.25) is 0 Å². The smallest absolute Gasteiger partial charge is 0.328 e. The number of anilines is 1. The fraction of sp³-hybridized carbons (Fsp3) is 0.462. The first-order chi connectivity index (χ1) is 8.62. The summed E-state index contributed by atoms with van der Waals surface area (Å²) >= 11 is 0. The number of halogens is 1. The fourth-order valence-corrected chi connectivity index (χ4v) is 1.52. The Morgan fingerprint density at radius 2 is 2.17 bits per heavy atom. The predicted octanol–water partition coefficient (Wildman–Crippen LogP) is 2.59. The zero-order chi connectivity index (χ0) is 13.5. The Balaban J connectivity index is 2.78. The zero-order valence-electron chi connectivity index (χ0n) is 10.8. The molecule has 4 nitrogen and oxygen atoms in total. The molecule has 0 aromatic heterocycles. The summed E-state index contributed by atoms with van der Waals surface area (Å²) in [6, 6.07) is 3.91. The van der Waals surface area contributed by atoms with Gasteiger partial charge in [-0.05, 0) is 25.5 Å². The Labute approximate surface area is 106 Å². The van der Waals surface area contributed by atoms with Crippen LogP contribution in [0.5, 0.6) is 5.75 Å². The number of methoxy groups -OCH3 is 1. The molecule has 0 heterocycles. The molecule has 0 radical (unpaired) electrons. The number of carbonyl (C=O) groups is 1. The molecular weight excluding hydrogens is 237 g/mol. The van der Waals surface area contributed by atoms with Crippen molar-refractivity contribution in [3.8, 4) is 5.75 Å². The first-order valence-electron chi connectivity index (χ1n) is 5.89. The molecule has 0 amide bonds. The highest BCUT2D eigenvalue weighted by molar-refractivity contribution is 5.79. The average Bonchev–Trinajstić information content (AvgIpc) is 2.37. The summed E-state index contributed by atoms with van der Waals surface area (Å²) in [5, 5.41) is 2.99. The first kappa shape index (κ1) is 14.3. The van der Waals surface area contributed by atoms with Gasteiger partial charge in [-0.1, -0.05) is 6.92 Å². The summed E-state index contributed by atoms with van der Waals surface area (Å²) in [7, 11) is 1.39. The molecule has 5 heteroatoms. The van der Waals surface area contributed by atoms with E-state index >= 15 is 0 Å². The molecule has 18 heavy (non-hydrogen) atoms. The van der Waals surface area contributed by atoms with Crippen LogP contribution < -0.4 is 10.1 Å². The lowest BCUT2D eigenvalue weighted by Crippen LogP contribution is -2.30. The van der Waals surface area contributed by atoms with E-state index in [-0.39, 0.29) is 11.7 Å². The standard InChI is InChI=1S/C13H18FNO3/c1-4-11(13(16)18-5-2)15-9-6-7-10(14)12(8-9)17-3/h6-8,11,15H,4-5H2,1-3H3. The number of esters is 1. The van der Waals surface area contributed by atoms with Crippen molar-refractivity contribution >= 4 is 11.7 Å². The van der Waals surface area contributed by atoms with E-state index in [1.165, 1.54) is 19.2 Å². The molecule has 1 atom stereocenters. The van der Waals surface area contributed by atoms with Crippen LogP contribution in [0.4, 0.5) is 10.1 Å². The van der Waals surface area contributed by atoms with Crippen molar-refractivity contribution in [3.05, 3.63) is 24.0 Å². The van der Waals surface area contributed by atoms with Crippen molar-refractivity contribution in [2.45, 2.75) is 26.3 Å². The van der Waals surface area contributed by atoms with Gasteiger partial charge < -0.3 is 14.8 Å². The monoisotopic (exact) mass is 255 g/mol. The minimum Gasteiger partial charge on any atom is -0.494 e. The maximum Gasteiger partial charge on any atom is 0.328 e. The third kappa shape index (κ3) is 3.61. The normalized spacial score (nSPS) is 11.8. The number of rotatable bonds is 6. The first-order valence-corrected chi connectivity index (χ1v) is 5.89. The number of hydrogen-bond donors (Lipinski definition) is 1. The second kappa shape index (κ2) is 6.83. The van der Waals surface area contributed by atoms with E-state index in [2.05, 4.69) is 5.32 Å². The lowest BCUT2D eigenvalue weighted by Gasteiger charge is -2.17. The average molecular weight is 255 g/mol. The summed E-state index contributed by atoms with van der Waals surface area (Å²) < 4.78 is 23.0. The molecule has 0 saturated heterocycles. The summed E-state index contributed by atoms with van der Waals surface area (Å²) in [5.41, 5.74) is 0.619. The largest absolute Gasteiger partial charge is 0.494 e. The minimum absolute atomic E-state index is 0.138. The maximum absolute atomic E-state index is 13.2. The van der Waals surface area contributed by atoms with E-state index < -0.39 is 11.9 Å². The van der Waals surface area contributed by atoms with Crippen LogP contribution in [0.15, 0.2) is 18.2 Å². The highest BCUT2D eigenvalue weighted by atomic mass is 19.1. The van der Waals surface area contributed by atoms with Gasteiger partial charge in [0.05, 0.1) is 13.7 Å². The van der Waals surface area contributed by atoms with Gasteiger partial charge in [-0.2, -0.15) is 0 Å². The molecule has 1 N–H and O–H groups in total. The Kier molecular flexibility index (Phi) is 5.42. The van der Waals surface area contributed by atoms with E-state index in [4.69, 9.17) is 9.47 Å². The Morgan fingerprint density at radius 1 is 1.44 bits per heavy atom. The highest BCUT2D eigenvalue weighted by Gasteiger charge is 2.17. The van der Waals surface area contributed by atoms with Gasteiger partial charge in [0, 0.05) is 11.8 Å². The second-order valence-corrected chi connectivity index (χ2v) is 3.71. The van der Waals surface area contributed by atoms with Crippen LogP contribution in [0.2, 0.25) is 0 Å². The van der Waals surface area contributed by atoms with Crippen LogP contribution in [0.25, 0.3) is 0 Å². The minimum atomic E-state index is -0.444. The van der Waals surface area contributed by atoms with Crippen LogP contribution in [0.1, 0.15) is 20.3 Å². The van der Waals surface area contributed by atoms with Crippen LogP contribution in [-0.2, 0) is 9.53 Å². The fourth-order valence-electron chi connectivity index (χ4n) is 1.52. The van der Waals surface area contributed by atoms with Gasteiger partial charge >= 0.3 is 5.97 Å². The maximum atomic E-state index is 13.2. The Bertz CT molecular complexity index is 409. The van der Waals surface area contributed by atoms with Crippen molar-refractivity contribution < 1.29 is 18.7 Å². The van der Waals surface area contributed by atoms with E-state index in [1.807, 2.05) is 6.92 Å². The third-order valence-corrected chi connectivity index (χ3v) is 2.47. The highest BCUT2D eigenvalue weighted by Crippen LogP contribution is 2.22. The van der Waals surface area contributed by atoms with E-state index in [0.29, 0.717) is 18.7 Å². The number of hydrogen-bond acceptors (Lipinski definition) is 4. The molecule has 1 aromatic rings. The number of benzene rings is 1. The third-order valence-electron chi connectivity index (χ3n) is 2.47. The predicted molar refractivity (Wildman–Crippen MR) is 67.3 cm³/mol. The summed E-state index contributed by atoms with van der Waals surface area (Å²) in [5.74, 6) is -0.616. The summed E-state index contributed by atoms with van der Waals surface area (Å²) in [6.07, 6.45) is 0.582. The van der Waals surface area contributed by atoms with Gasteiger partial charge in [0.15, 0.2) is 11.6 Å². The number of carbonyl (C=O) groups excluding carboxylic acids is 1. The van der Waals surface area contributed by atoms with Crippen molar-refractivity contribution in [3.63, 3.8) is 0 Å². The quantitative estimate of drug-likeness (QED) is 0.794. The molecule has 0 aliphatic heterocycles. The molecule has 100 valence electrons. The Morgan fingerprint density at radius 3 is 2.72 bits per heavy atom. The SMILES string of the molecule is CCOC(=O)C(CC)Nc1ccc(F)c(OC)c1. The van der Waals surface area contributed by atoms with Gasteiger partial charge in [0.2, 0.25) is 0 Å². The Hall–Kier alpha value is -1.78. The molecule has 1 unspecified atom stereocenters. The second-order valence-electron chi connectivity index (χ2n) is 3.71. The van der Waals surface area contributed by atoms with Gasteiger partial charge in [-0.25, -0.2) is 9.18 Å². The molecule has 0 saturated carbocycles. The van der Waals surface area contributed by atoms with Crippen LogP contribution in [0, 0.1) is 5.82 Å². The van der Waals surface area contributed by atoms with Crippen LogP contribution in [-0.4, -0.2) is 25.7 Å². The molecule has 1 aromatic carbocycles. The zero-order valence-corrected chi connectivity index (χ0v) is 10.8. The van der Waals surface area contributed by atoms with Gasteiger partial charge in [0.1, 0.15) is 6.04 Å². The van der Waals surface area contributed by atoms with Crippen molar-refractivity contribution in [2.75, 3.05) is 19.0 Å². The van der Waals surface area contributed by atoms with Crippen LogP contribution in [0.3, 0.4) is 0 Å². The van der Waals surface area contributed by atoms with Crippen molar-refractivity contribution in [1.82, 2.24) is 0 Å². The van der Waals surface area contributed by atoms with Crippen molar-refractivity contribution in [1.29, 1.82) is 0 Å². The van der Waals surface area contributed by atoms with E-state index in [9.17, 15) is 9.18 Å². The van der Waals surface area contributed by atoms with Crippen LogP contribution >= 0.6 is 0 Å². The number of nitrogens with one attached hydrogen (secondary N) is 1. The molecule has 1 rings (SSSR count). The summed E-state index contributed by atoms with van der Waals surface area (Å²) in [4.78, 5) is 11.6. The molecule has 0 aliphatic rings. The molecule has 0 spiro atoms. The van der Waals surface area contributed by atoms with Gasteiger partial charge in [-0.15, -0.1) is 0 Å². The number of ether oxygens (including phenoxy) is 2. The topological polar surface area (TPSA) is 47.6 Å².